The fourth-order valence-corrected chi connectivity index (χ4v) is 1.87. The average molecular weight is 303 g/mol. The number of benzene rings is 1. The van der Waals surface area contributed by atoms with Gasteiger partial charge in [0.25, 0.3) is 5.91 Å². The number of nitrogens with zero attached hydrogens (tertiary/aromatic N) is 2. The minimum absolute atomic E-state index is 0.171. The number of aliphatic hydroxyl groups is 1. The molecule has 1 heterocycles. The van der Waals surface area contributed by atoms with Crippen LogP contribution in [0.2, 0.25) is 0 Å². The van der Waals surface area contributed by atoms with Crippen molar-refractivity contribution >= 4 is 5.91 Å². The molecule has 2 N–H and O–H groups in total. The highest BCUT2D eigenvalue weighted by atomic mass is 16.5. The van der Waals surface area contributed by atoms with E-state index in [1.165, 1.54) is 0 Å². The second-order valence-electron chi connectivity index (χ2n) is 5.03. The van der Waals surface area contributed by atoms with Gasteiger partial charge in [-0.15, -0.1) is 0 Å². The van der Waals surface area contributed by atoms with Gasteiger partial charge in [-0.05, 0) is 25.5 Å². The van der Waals surface area contributed by atoms with Gasteiger partial charge < -0.3 is 15.2 Å². The topological polar surface area (TPSA) is 76.4 Å². The number of rotatable bonds is 7. The molecule has 22 heavy (non-hydrogen) atoms. The van der Waals surface area contributed by atoms with Crippen LogP contribution in [0.1, 0.15) is 30.8 Å². The first kappa shape index (κ1) is 16.0. The van der Waals surface area contributed by atoms with Crippen LogP contribution in [-0.4, -0.2) is 40.0 Å². The maximum Gasteiger partial charge on any atom is 0.275 e. The highest BCUT2D eigenvalue weighted by Gasteiger charge is 2.19. The summed E-state index contributed by atoms with van der Waals surface area (Å²) in [7, 11) is 0. The molecule has 0 saturated heterocycles. The fourth-order valence-electron chi connectivity index (χ4n) is 1.87. The molecule has 1 aromatic carbocycles. The summed E-state index contributed by atoms with van der Waals surface area (Å²) in [6, 6.07) is 9.51. The zero-order valence-electron chi connectivity index (χ0n) is 12.8. The van der Waals surface area contributed by atoms with E-state index < -0.39 is 6.10 Å². The van der Waals surface area contributed by atoms with Gasteiger partial charge in [-0.3, -0.25) is 4.79 Å². The number of nitrogens with one attached hydrogen (secondary N) is 1. The predicted octanol–water partition coefficient (Wildman–Crippen LogP) is 1.77. The van der Waals surface area contributed by atoms with E-state index in [9.17, 15) is 9.90 Å². The van der Waals surface area contributed by atoms with Crippen LogP contribution in [-0.2, 0) is 0 Å². The number of hydrogen-bond donors (Lipinski definition) is 2. The van der Waals surface area contributed by atoms with Gasteiger partial charge in [0.05, 0.1) is 24.6 Å². The Morgan fingerprint density at radius 1 is 1.41 bits per heavy atom. The van der Waals surface area contributed by atoms with Crippen LogP contribution in [0.15, 0.2) is 36.5 Å². The van der Waals surface area contributed by atoms with Gasteiger partial charge in [0.15, 0.2) is 11.4 Å². The number of amides is 1. The molecule has 0 fully saturated rings. The van der Waals surface area contributed by atoms with Crippen molar-refractivity contribution in [1.82, 2.24) is 15.1 Å². The first-order chi connectivity index (χ1) is 10.6. The van der Waals surface area contributed by atoms with E-state index in [-0.39, 0.29) is 18.1 Å². The van der Waals surface area contributed by atoms with Gasteiger partial charge in [-0.25, -0.2) is 4.68 Å². The van der Waals surface area contributed by atoms with E-state index in [4.69, 9.17) is 4.74 Å². The van der Waals surface area contributed by atoms with Gasteiger partial charge in [0.1, 0.15) is 0 Å². The van der Waals surface area contributed by atoms with Crippen LogP contribution in [0, 0.1) is 0 Å². The van der Waals surface area contributed by atoms with E-state index in [2.05, 4.69) is 10.4 Å². The molecule has 0 saturated carbocycles. The number of carbonyl (C=O) groups excluding carboxylic acids is 1. The van der Waals surface area contributed by atoms with Gasteiger partial charge in [-0.1, -0.05) is 25.1 Å². The number of ether oxygens (including phenoxy) is 1. The largest absolute Gasteiger partial charge is 0.489 e. The Kier molecular flexibility index (Phi) is 5.55. The molecule has 0 spiro atoms. The molecule has 6 nitrogen and oxygen atoms in total. The molecule has 0 radical (unpaired) electrons. The zero-order chi connectivity index (χ0) is 15.9. The monoisotopic (exact) mass is 303 g/mol. The fraction of sp³-hybridized carbons (Fsp3) is 0.375. The van der Waals surface area contributed by atoms with Gasteiger partial charge >= 0.3 is 0 Å². The maximum atomic E-state index is 12.2. The maximum absolute atomic E-state index is 12.2. The second-order valence-corrected chi connectivity index (χ2v) is 5.03. The van der Waals surface area contributed by atoms with E-state index in [0.717, 1.165) is 12.1 Å². The Bertz CT molecular complexity index is 608. The Balaban J connectivity index is 2.26. The van der Waals surface area contributed by atoms with Crippen molar-refractivity contribution in [3.05, 3.63) is 42.2 Å². The van der Waals surface area contributed by atoms with Gasteiger partial charge in [0.2, 0.25) is 0 Å². The third-order valence-electron chi connectivity index (χ3n) is 2.94. The van der Waals surface area contributed by atoms with E-state index in [0.29, 0.717) is 12.4 Å². The molecular formula is C16H21N3O3. The third-order valence-corrected chi connectivity index (χ3v) is 2.94. The lowest BCUT2D eigenvalue weighted by Crippen LogP contribution is -2.31. The average Bonchev–Trinajstić information content (AvgIpc) is 2.95. The minimum atomic E-state index is -0.611. The first-order valence-electron chi connectivity index (χ1n) is 7.36. The van der Waals surface area contributed by atoms with Crippen LogP contribution in [0.25, 0.3) is 5.69 Å². The number of hydrogen-bond acceptors (Lipinski definition) is 4. The number of aliphatic hydroxyl groups excluding tert-OH is 1. The van der Waals surface area contributed by atoms with Crippen molar-refractivity contribution < 1.29 is 14.6 Å². The molecule has 0 bridgehead atoms. The standard InChI is InChI=1S/C16H21N3O3/c1-3-9-22-14-11-19(13-7-5-4-6-8-13)18-15(14)16(21)17-10-12(2)20/h4-8,11-12,20H,3,9-10H2,1-2H3,(H,17,21). The van der Waals surface area contributed by atoms with Crippen molar-refractivity contribution in [2.24, 2.45) is 0 Å². The van der Waals surface area contributed by atoms with Crippen LogP contribution in [0.5, 0.6) is 5.75 Å². The molecule has 2 rings (SSSR count). The van der Waals surface area contributed by atoms with Crippen molar-refractivity contribution in [1.29, 1.82) is 0 Å². The van der Waals surface area contributed by atoms with Crippen molar-refractivity contribution in [2.45, 2.75) is 26.4 Å². The smallest absolute Gasteiger partial charge is 0.275 e. The SMILES string of the molecule is CCCOc1cn(-c2ccccc2)nc1C(=O)NCC(C)O. The molecule has 1 aromatic heterocycles. The summed E-state index contributed by atoms with van der Waals surface area (Å²) < 4.78 is 7.22. The van der Waals surface area contributed by atoms with Crippen LogP contribution in [0.4, 0.5) is 0 Å². The molecule has 2 aromatic rings. The Labute approximate surface area is 129 Å². The summed E-state index contributed by atoms with van der Waals surface area (Å²) in [5.41, 5.74) is 1.07. The van der Waals surface area contributed by atoms with E-state index in [1.54, 1.807) is 17.8 Å². The second kappa shape index (κ2) is 7.61. The summed E-state index contributed by atoms with van der Waals surface area (Å²) in [5, 5.41) is 16.2. The summed E-state index contributed by atoms with van der Waals surface area (Å²) in [6.07, 6.45) is 1.92. The number of aromatic nitrogens is 2. The Morgan fingerprint density at radius 2 is 2.14 bits per heavy atom. The highest BCUT2D eigenvalue weighted by Crippen LogP contribution is 2.20. The Hall–Kier alpha value is -2.34. The first-order valence-corrected chi connectivity index (χ1v) is 7.36. The lowest BCUT2D eigenvalue weighted by molar-refractivity contribution is 0.0914. The molecule has 0 aliphatic rings. The number of para-hydroxylation sites is 1. The Morgan fingerprint density at radius 3 is 2.77 bits per heavy atom. The summed E-state index contributed by atoms with van der Waals surface area (Å²) in [4.78, 5) is 12.2. The highest BCUT2D eigenvalue weighted by molar-refractivity contribution is 5.95. The molecule has 118 valence electrons. The number of carbonyl (C=O) groups is 1. The molecule has 0 aliphatic heterocycles. The van der Waals surface area contributed by atoms with Crippen LogP contribution >= 0.6 is 0 Å². The third kappa shape index (κ3) is 4.08. The summed E-state index contributed by atoms with van der Waals surface area (Å²) in [6.45, 7) is 4.29. The molecular weight excluding hydrogens is 282 g/mol. The van der Waals surface area contributed by atoms with E-state index in [1.807, 2.05) is 37.3 Å². The van der Waals surface area contributed by atoms with Crippen LogP contribution < -0.4 is 10.1 Å². The predicted molar refractivity (Wildman–Crippen MR) is 83.4 cm³/mol. The lowest BCUT2D eigenvalue weighted by Gasteiger charge is -2.07. The van der Waals surface area contributed by atoms with Crippen molar-refractivity contribution in [3.63, 3.8) is 0 Å². The minimum Gasteiger partial charge on any atom is -0.489 e. The summed E-state index contributed by atoms with van der Waals surface area (Å²) in [5.74, 6) is 0.0791. The summed E-state index contributed by atoms with van der Waals surface area (Å²) >= 11 is 0. The van der Waals surface area contributed by atoms with Gasteiger partial charge in [-0.2, -0.15) is 5.10 Å². The molecule has 1 atom stereocenters. The normalized spacial score (nSPS) is 12.0. The molecule has 6 heteroatoms. The van der Waals surface area contributed by atoms with E-state index >= 15 is 0 Å². The molecule has 1 amide bonds. The quantitative estimate of drug-likeness (QED) is 0.817. The lowest BCUT2D eigenvalue weighted by atomic mass is 10.3. The zero-order valence-corrected chi connectivity index (χ0v) is 12.8. The van der Waals surface area contributed by atoms with Gasteiger partial charge in [0, 0.05) is 6.54 Å². The molecule has 0 aliphatic carbocycles. The van der Waals surface area contributed by atoms with Crippen molar-refractivity contribution in [2.75, 3.05) is 13.2 Å². The van der Waals surface area contributed by atoms with Crippen molar-refractivity contribution in [3.8, 4) is 11.4 Å². The van der Waals surface area contributed by atoms with Crippen LogP contribution in [0.3, 0.4) is 0 Å². The molecule has 1 unspecified atom stereocenters.